The quantitative estimate of drug-likeness (QED) is 0.753. The van der Waals surface area contributed by atoms with E-state index in [2.05, 4.69) is 6.07 Å². The van der Waals surface area contributed by atoms with Gasteiger partial charge in [-0.1, -0.05) is 30.3 Å². The summed E-state index contributed by atoms with van der Waals surface area (Å²) in [6.07, 6.45) is 0.447. The van der Waals surface area contributed by atoms with Crippen molar-refractivity contribution >= 4 is 5.78 Å². The van der Waals surface area contributed by atoms with Crippen molar-refractivity contribution in [1.29, 1.82) is 5.26 Å². The summed E-state index contributed by atoms with van der Waals surface area (Å²) in [5.74, 6) is 0.124. The number of ether oxygens (including phenoxy) is 1. The molecule has 1 aliphatic rings. The second-order valence-electron chi connectivity index (χ2n) is 4.29. The van der Waals surface area contributed by atoms with Crippen LogP contribution in [0.3, 0.4) is 0 Å². The Kier molecular flexibility index (Phi) is 4.46. The van der Waals surface area contributed by atoms with Crippen molar-refractivity contribution in [3.63, 3.8) is 0 Å². The van der Waals surface area contributed by atoms with Gasteiger partial charge in [0.2, 0.25) is 0 Å². The molecule has 0 unspecified atom stereocenters. The predicted octanol–water partition coefficient (Wildman–Crippen LogP) is 1.48. The van der Waals surface area contributed by atoms with Crippen molar-refractivity contribution in [3.8, 4) is 6.07 Å². The molecule has 1 aromatic rings. The molecule has 0 aliphatic carbocycles. The van der Waals surface area contributed by atoms with E-state index in [0.717, 1.165) is 12.1 Å². The molecule has 1 aromatic carbocycles. The molecule has 4 nitrogen and oxygen atoms in total. The summed E-state index contributed by atoms with van der Waals surface area (Å²) in [4.78, 5) is 14.0. The van der Waals surface area contributed by atoms with E-state index in [1.165, 1.54) is 0 Å². The predicted molar refractivity (Wildman–Crippen MR) is 67.2 cm³/mol. The number of carbonyl (C=O) groups excluding carboxylic acids is 1. The van der Waals surface area contributed by atoms with Crippen LogP contribution in [0.2, 0.25) is 0 Å². The van der Waals surface area contributed by atoms with Gasteiger partial charge in [-0.25, -0.2) is 0 Å². The lowest BCUT2D eigenvalue weighted by Crippen LogP contribution is -2.45. The van der Waals surface area contributed by atoms with Crippen LogP contribution in [-0.4, -0.2) is 43.0 Å². The molecule has 0 aromatic heterocycles. The molecule has 94 valence electrons. The van der Waals surface area contributed by atoms with Crippen molar-refractivity contribution in [2.75, 3.05) is 26.3 Å². The Hall–Kier alpha value is -1.70. The molecular weight excluding hydrogens is 228 g/mol. The third-order valence-electron chi connectivity index (χ3n) is 3.11. The van der Waals surface area contributed by atoms with Gasteiger partial charge in [0.25, 0.3) is 0 Å². The van der Waals surface area contributed by atoms with Gasteiger partial charge < -0.3 is 4.74 Å². The van der Waals surface area contributed by atoms with Crippen molar-refractivity contribution in [2.45, 2.75) is 12.5 Å². The van der Waals surface area contributed by atoms with Gasteiger partial charge >= 0.3 is 0 Å². The van der Waals surface area contributed by atoms with Crippen LogP contribution in [0.1, 0.15) is 16.8 Å². The first kappa shape index (κ1) is 12.7. The highest BCUT2D eigenvalue weighted by Gasteiger charge is 2.22. The van der Waals surface area contributed by atoms with E-state index >= 15 is 0 Å². The summed E-state index contributed by atoms with van der Waals surface area (Å²) in [7, 11) is 0. The molecule has 2 rings (SSSR count). The molecule has 1 fully saturated rings. The molecule has 1 aliphatic heterocycles. The Morgan fingerprint density at radius 2 is 2.22 bits per heavy atom. The summed E-state index contributed by atoms with van der Waals surface area (Å²) >= 11 is 0. The van der Waals surface area contributed by atoms with E-state index in [4.69, 9.17) is 10.00 Å². The number of rotatable bonds is 4. The van der Waals surface area contributed by atoms with Gasteiger partial charge in [-0.2, -0.15) is 5.26 Å². The molecule has 0 N–H and O–H groups in total. The van der Waals surface area contributed by atoms with Crippen LogP contribution in [0.25, 0.3) is 0 Å². The molecule has 1 saturated heterocycles. The molecule has 0 amide bonds. The molecule has 1 atom stereocenters. The van der Waals surface area contributed by atoms with Crippen LogP contribution in [0.5, 0.6) is 0 Å². The van der Waals surface area contributed by atoms with E-state index in [0.29, 0.717) is 26.2 Å². The number of carbonyl (C=O) groups is 1. The summed E-state index contributed by atoms with van der Waals surface area (Å²) in [6.45, 7) is 2.42. The van der Waals surface area contributed by atoms with Gasteiger partial charge in [0.05, 0.1) is 19.3 Å². The van der Waals surface area contributed by atoms with Crippen LogP contribution < -0.4 is 0 Å². The third-order valence-corrected chi connectivity index (χ3v) is 3.11. The summed E-state index contributed by atoms with van der Waals surface area (Å²) in [5, 5.41) is 8.99. The number of benzene rings is 1. The summed E-state index contributed by atoms with van der Waals surface area (Å²) < 4.78 is 5.25. The number of nitriles is 1. The molecule has 0 spiro atoms. The zero-order chi connectivity index (χ0) is 12.8. The van der Waals surface area contributed by atoms with E-state index in [9.17, 15) is 4.79 Å². The molecule has 0 saturated carbocycles. The molecule has 18 heavy (non-hydrogen) atoms. The number of hydrogen-bond acceptors (Lipinski definition) is 4. The highest BCUT2D eigenvalue weighted by atomic mass is 16.5. The average Bonchev–Trinajstić information content (AvgIpc) is 2.46. The Bertz CT molecular complexity index is 439. The first-order valence-corrected chi connectivity index (χ1v) is 6.11. The van der Waals surface area contributed by atoms with E-state index < -0.39 is 0 Å². The lowest BCUT2D eigenvalue weighted by molar-refractivity contribution is 0.0127. The van der Waals surface area contributed by atoms with Crippen molar-refractivity contribution in [2.24, 2.45) is 0 Å². The molecular formula is C14H16N2O2. The largest absolute Gasteiger partial charge is 0.377 e. The Morgan fingerprint density at radius 3 is 2.94 bits per heavy atom. The van der Waals surface area contributed by atoms with Crippen LogP contribution in [-0.2, 0) is 4.74 Å². The number of ketones is 1. The fraction of sp³-hybridized carbons (Fsp3) is 0.429. The minimum absolute atomic E-state index is 0.124. The maximum absolute atomic E-state index is 11.9. The fourth-order valence-corrected chi connectivity index (χ4v) is 2.04. The van der Waals surface area contributed by atoms with Gasteiger partial charge in [-0.05, 0) is 0 Å². The molecule has 0 bridgehead atoms. The van der Waals surface area contributed by atoms with Gasteiger partial charge in [-0.3, -0.25) is 9.69 Å². The average molecular weight is 244 g/mol. The lowest BCUT2D eigenvalue weighted by atomic mass is 10.1. The zero-order valence-corrected chi connectivity index (χ0v) is 10.2. The van der Waals surface area contributed by atoms with Gasteiger partial charge in [0, 0.05) is 25.1 Å². The smallest absolute Gasteiger partial charge is 0.164 e. The number of Topliss-reactive ketones (excluding diaryl/α,β-unsaturated/α-hetero) is 1. The van der Waals surface area contributed by atoms with E-state index in [-0.39, 0.29) is 11.8 Å². The van der Waals surface area contributed by atoms with Gasteiger partial charge in [0.15, 0.2) is 5.78 Å². The van der Waals surface area contributed by atoms with Crippen molar-refractivity contribution in [3.05, 3.63) is 35.9 Å². The summed E-state index contributed by atoms with van der Waals surface area (Å²) in [6, 6.07) is 11.2. The maximum atomic E-state index is 11.9. The van der Waals surface area contributed by atoms with E-state index in [1.807, 2.05) is 35.2 Å². The number of hydrogen-bond donors (Lipinski definition) is 0. The number of morpholine rings is 1. The summed E-state index contributed by atoms with van der Waals surface area (Å²) in [5.41, 5.74) is 0.735. The highest BCUT2D eigenvalue weighted by Crippen LogP contribution is 2.09. The zero-order valence-electron chi connectivity index (χ0n) is 10.2. The lowest BCUT2D eigenvalue weighted by Gasteiger charge is -2.30. The Labute approximate surface area is 107 Å². The van der Waals surface area contributed by atoms with Crippen molar-refractivity contribution in [1.82, 2.24) is 4.90 Å². The normalized spacial score (nSPS) is 20.3. The fourth-order valence-electron chi connectivity index (χ4n) is 2.04. The minimum atomic E-state index is -0.220. The first-order chi connectivity index (χ1) is 8.81. The first-order valence-electron chi connectivity index (χ1n) is 6.11. The van der Waals surface area contributed by atoms with Gasteiger partial charge in [-0.15, -0.1) is 0 Å². The van der Waals surface area contributed by atoms with Crippen LogP contribution in [0.4, 0.5) is 0 Å². The van der Waals surface area contributed by atoms with Crippen molar-refractivity contribution < 1.29 is 9.53 Å². The second-order valence-corrected chi connectivity index (χ2v) is 4.29. The van der Waals surface area contributed by atoms with Crippen LogP contribution in [0, 0.1) is 11.3 Å². The third kappa shape index (κ3) is 3.16. The highest BCUT2D eigenvalue weighted by molar-refractivity contribution is 5.96. The van der Waals surface area contributed by atoms with Crippen LogP contribution >= 0.6 is 0 Å². The second kappa shape index (κ2) is 6.29. The minimum Gasteiger partial charge on any atom is -0.377 e. The monoisotopic (exact) mass is 244 g/mol. The Balaban J connectivity index is 1.88. The molecule has 4 heteroatoms. The molecule has 0 radical (unpaired) electrons. The SMILES string of the molecule is N#C[C@@H]1COCCN1CCC(=O)c1ccccc1. The standard InChI is InChI=1S/C14H16N2O2/c15-10-13-11-18-9-8-16(13)7-6-14(17)12-4-2-1-3-5-12/h1-5,13H,6-9,11H2/t13-/m1/s1. The topological polar surface area (TPSA) is 53.3 Å². The Morgan fingerprint density at radius 1 is 1.44 bits per heavy atom. The van der Waals surface area contributed by atoms with Crippen LogP contribution in [0.15, 0.2) is 30.3 Å². The number of nitrogens with zero attached hydrogens (tertiary/aromatic N) is 2. The maximum Gasteiger partial charge on any atom is 0.164 e. The van der Waals surface area contributed by atoms with E-state index in [1.54, 1.807) is 0 Å². The molecule has 1 heterocycles. The van der Waals surface area contributed by atoms with Gasteiger partial charge in [0.1, 0.15) is 6.04 Å².